The topological polar surface area (TPSA) is 83.6 Å². The van der Waals surface area contributed by atoms with E-state index >= 15 is 0 Å². The van der Waals surface area contributed by atoms with Gasteiger partial charge in [-0.2, -0.15) is 0 Å². The van der Waals surface area contributed by atoms with Crippen LogP contribution in [0.2, 0.25) is 5.02 Å². The van der Waals surface area contributed by atoms with Crippen molar-refractivity contribution in [2.75, 3.05) is 12.3 Å². The molecule has 1 aliphatic heterocycles. The second-order valence-electron chi connectivity index (χ2n) is 6.61. The van der Waals surface area contributed by atoms with Crippen molar-refractivity contribution in [1.29, 1.82) is 0 Å². The van der Waals surface area contributed by atoms with Gasteiger partial charge in [-0.25, -0.2) is 13.1 Å². The van der Waals surface area contributed by atoms with Gasteiger partial charge in [-0.15, -0.1) is 0 Å². The zero-order valence-electron chi connectivity index (χ0n) is 15.4. The molecule has 3 rings (SSSR count). The Balaban J connectivity index is 1.59. The fraction of sp³-hybridized carbons (Fsp3) is 0.300. The Morgan fingerprint density at radius 2 is 1.57 bits per heavy atom. The molecule has 0 aliphatic carbocycles. The molecular weight excluding hydrogens is 400 g/mol. The highest BCUT2D eigenvalue weighted by Gasteiger charge is 2.34. The van der Waals surface area contributed by atoms with Crippen LogP contribution in [0.3, 0.4) is 0 Å². The minimum atomic E-state index is -3.58. The number of halogens is 1. The molecule has 0 saturated carbocycles. The lowest BCUT2D eigenvalue weighted by Crippen LogP contribution is -2.34. The van der Waals surface area contributed by atoms with E-state index in [4.69, 9.17) is 11.6 Å². The first kappa shape index (κ1) is 20.5. The lowest BCUT2D eigenvalue weighted by molar-refractivity contribution is 0.0654. The Labute approximate surface area is 169 Å². The van der Waals surface area contributed by atoms with Crippen LogP contribution in [0.1, 0.15) is 52.1 Å². The molecule has 0 aromatic heterocycles. The Morgan fingerprint density at radius 1 is 1.00 bits per heavy atom. The number of imide groups is 1. The van der Waals surface area contributed by atoms with Crippen LogP contribution in [0.15, 0.2) is 48.5 Å². The molecule has 8 heteroatoms. The summed E-state index contributed by atoms with van der Waals surface area (Å²) in [5.41, 5.74) is 1.56. The minimum Gasteiger partial charge on any atom is -0.274 e. The van der Waals surface area contributed by atoms with Gasteiger partial charge in [0.15, 0.2) is 0 Å². The van der Waals surface area contributed by atoms with Crippen LogP contribution in [0.25, 0.3) is 0 Å². The van der Waals surface area contributed by atoms with Crippen molar-refractivity contribution in [3.63, 3.8) is 0 Å². The predicted octanol–water partition coefficient (Wildman–Crippen LogP) is 3.40. The molecule has 2 aromatic rings. The summed E-state index contributed by atoms with van der Waals surface area (Å²) in [6, 6.07) is 13.3. The monoisotopic (exact) mass is 420 g/mol. The van der Waals surface area contributed by atoms with E-state index in [-0.39, 0.29) is 36.6 Å². The summed E-state index contributed by atoms with van der Waals surface area (Å²) in [6.45, 7) is 1.95. The maximum Gasteiger partial charge on any atom is 0.261 e. The maximum atomic E-state index is 12.5. The van der Waals surface area contributed by atoms with Crippen LogP contribution in [-0.2, 0) is 10.0 Å². The highest BCUT2D eigenvalue weighted by molar-refractivity contribution is 7.89. The average Bonchev–Trinajstić information content (AvgIpc) is 2.92. The third kappa shape index (κ3) is 4.43. The van der Waals surface area contributed by atoms with Gasteiger partial charge in [0, 0.05) is 17.6 Å². The summed E-state index contributed by atoms with van der Waals surface area (Å²) in [7, 11) is -3.58. The summed E-state index contributed by atoms with van der Waals surface area (Å²) in [4.78, 5) is 25.8. The standard InChI is InChI=1S/C20H21ClN2O4S/c1-2-18(14-8-10-15(21)11-9-14)22-28(26,27)13-5-12-23-19(24)16-6-3-4-7-17(16)20(23)25/h3-4,6-11,18,22H,2,5,12-13H2,1H3/t18-/m1/s1. The second-order valence-corrected chi connectivity index (χ2v) is 8.92. The number of amides is 2. The third-order valence-electron chi connectivity index (χ3n) is 4.68. The summed E-state index contributed by atoms with van der Waals surface area (Å²) in [6.07, 6.45) is 0.747. The molecule has 2 amide bonds. The molecular formula is C20H21ClN2O4S. The average molecular weight is 421 g/mol. The molecule has 1 heterocycles. The first-order chi connectivity index (χ1) is 13.3. The van der Waals surface area contributed by atoms with E-state index in [1.165, 1.54) is 0 Å². The van der Waals surface area contributed by atoms with Crippen molar-refractivity contribution >= 4 is 33.4 Å². The Bertz CT molecular complexity index is 955. The Hall–Kier alpha value is -2.22. The number of carbonyl (C=O) groups excluding carboxylic acids is 2. The zero-order valence-corrected chi connectivity index (χ0v) is 17.0. The van der Waals surface area contributed by atoms with Gasteiger partial charge in [0.05, 0.1) is 16.9 Å². The third-order valence-corrected chi connectivity index (χ3v) is 6.40. The fourth-order valence-electron chi connectivity index (χ4n) is 3.21. The number of sulfonamides is 1. The number of hydrogen-bond donors (Lipinski definition) is 1. The number of nitrogens with zero attached hydrogens (tertiary/aromatic N) is 1. The van der Waals surface area contributed by atoms with Gasteiger partial charge in [-0.1, -0.05) is 42.8 Å². The molecule has 6 nitrogen and oxygen atoms in total. The first-order valence-electron chi connectivity index (χ1n) is 9.03. The number of rotatable bonds is 8. The van der Waals surface area contributed by atoms with Crippen molar-refractivity contribution in [2.24, 2.45) is 0 Å². The molecule has 0 saturated heterocycles. The molecule has 0 radical (unpaired) electrons. The summed E-state index contributed by atoms with van der Waals surface area (Å²) in [5.74, 6) is -0.929. The van der Waals surface area contributed by atoms with E-state index in [2.05, 4.69) is 4.72 Å². The molecule has 0 unspecified atom stereocenters. The van der Waals surface area contributed by atoms with E-state index in [9.17, 15) is 18.0 Å². The Morgan fingerprint density at radius 3 is 2.11 bits per heavy atom. The van der Waals surface area contributed by atoms with E-state index in [0.717, 1.165) is 10.5 Å². The number of benzene rings is 2. The van der Waals surface area contributed by atoms with Crippen molar-refractivity contribution < 1.29 is 18.0 Å². The van der Waals surface area contributed by atoms with E-state index in [1.54, 1.807) is 48.5 Å². The smallest absolute Gasteiger partial charge is 0.261 e. The van der Waals surface area contributed by atoms with Crippen LogP contribution >= 0.6 is 11.6 Å². The fourth-order valence-corrected chi connectivity index (χ4v) is 4.70. The molecule has 1 atom stereocenters. The molecule has 1 aliphatic rings. The van der Waals surface area contributed by atoms with Crippen molar-refractivity contribution in [1.82, 2.24) is 9.62 Å². The molecule has 2 aromatic carbocycles. The lowest BCUT2D eigenvalue weighted by atomic mass is 10.1. The number of carbonyl (C=O) groups is 2. The number of nitrogens with one attached hydrogen (secondary N) is 1. The highest BCUT2D eigenvalue weighted by Crippen LogP contribution is 2.23. The predicted molar refractivity (Wildman–Crippen MR) is 108 cm³/mol. The van der Waals surface area contributed by atoms with E-state index in [1.807, 2.05) is 6.92 Å². The second kappa shape index (κ2) is 8.43. The summed E-state index contributed by atoms with van der Waals surface area (Å²) < 4.78 is 27.6. The maximum absolute atomic E-state index is 12.5. The normalized spacial score (nSPS) is 15.0. The highest BCUT2D eigenvalue weighted by atomic mass is 35.5. The summed E-state index contributed by atoms with van der Waals surface area (Å²) >= 11 is 5.88. The Kier molecular flexibility index (Phi) is 6.17. The molecule has 0 fully saturated rings. The van der Waals surface area contributed by atoms with Gasteiger partial charge in [-0.3, -0.25) is 14.5 Å². The van der Waals surface area contributed by atoms with Crippen LogP contribution in [0, 0.1) is 0 Å². The van der Waals surface area contributed by atoms with E-state index in [0.29, 0.717) is 22.6 Å². The number of hydrogen-bond acceptors (Lipinski definition) is 4. The molecule has 1 N–H and O–H groups in total. The molecule has 148 valence electrons. The SMILES string of the molecule is CC[C@@H](NS(=O)(=O)CCCN1C(=O)c2ccccc2C1=O)c1ccc(Cl)cc1. The van der Waals surface area contributed by atoms with Gasteiger partial charge >= 0.3 is 0 Å². The number of fused-ring (bicyclic) bond motifs is 1. The van der Waals surface area contributed by atoms with Crippen LogP contribution in [0.5, 0.6) is 0 Å². The van der Waals surface area contributed by atoms with Crippen LogP contribution in [0.4, 0.5) is 0 Å². The quantitative estimate of drug-likeness (QED) is 0.663. The molecule has 0 bridgehead atoms. The van der Waals surface area contributed by atoms with E-state index < -0.39 is 10.0 Å². The van der Waals surface area contributed by atoms with Gasteiger partial charge in [0.1, 0.15) is 0 Å². The van der Waals surface area contributed by atoms with Crippen molar-refractivity contribution in [3.05, 3.63) is 70.2 Å². The lowest BCUT2D eigenvalue weighted by Gasteiger charge is -2.18. The van der Waals surface area contributed by atoms with Gasteiger partial charge in [0.25, 0.3) is 11.8 Å². The van der Waals surface area contributed by atoms with Crippen LogP contribution < -0.4 is 4.72 Å². The van der Waals surface area contributed by atoms with Crippen LogP contribution in [-0.4, -0.2) is 37.4 Å². The largest absolute Gasteiger partial charge is 0.274 e. The van der Waals surface area contributed by atoms with Gasteiger partial charge < -0.3 is 0 Å². The molecule has 28 heavy (non-hydrogen) atoms. The molecule has 0 spiro atoms. The van der Waals surface area contributed by atoms with Crippen molar-refractivity contribution in [3.8, 4) is 0 Å². The van der Waals surface area contributed by atoms with Crippen molar-refractivity contribution in [2.45, 2.75) is 25.8 Å². The minimum absolute atomic E-state index is 0.0605. The van der Waals surface area contributed by atoms with Gasteiger partial charge in [0.2, 0.25) is 10.0 Å². The first-order valence-corrected chi connectivity index (χ1v) is 11.1. The zero-order chi connectivity index (χ0) is 20.3. The summed E-state index contributed by atoms with van der Waals surface area (Å²) in [5, 5.41) is 0.586. The van der Waals surface area contributed by atoms with Gasteiger partial charge in [-0.05, 0) is 42.7 Å².